The van der Waals surface area contributed by atoms with E-state index in [1.165, 1.54) is 263 Å². The monoisotopic (exact) mass is 1510 g/mol. The van der Waals surface area contributed by atoms with Crippen LogP contribution in [-0.4, -0.2) is 96.7 Å². The van der Waals surface area contributed by atoms with E-state index < -0.39 is 97.5 Å². The summed E-state index contributed by atoms with van der Waals surface area (Å²) in [5.74, 6) is -0.523. The van der Waals surface area contributed by atoms with Crippen molar-refractivity contribution in [3.05, 3.63) is 0 Å². The summed E-state index contributed by atoms with van der Waals surface area (Å²) < 4.78 is 68.9. The molecule has 0 rings (SSSR count). The second-order valence-corrected chi connectivity index (χ2v) is 33.8. The first-order valence-electron chi connectivity index (χ1n) is 43.5. The summed E-state index contributed by atoms with van der Waals surface area (Å²) in [6.45, 7) is 9.69. The lowest BCUT2D eigenvalue weighted by Gasteiger charge is -2.21. The first kappa shape index (κ1) is 101. The van der Waals surface area contributed by atoms with Gasteiger partial charge < -0.3 is 33.8 Å². The molecule has 0 aromatic carbocycles. The lowest BCUT2D eigenvalue weighted by molar-refractivity contribution is -0.161. The highest BCUT2D eigenvalue weighted by Crippen LogP contribution is 2.45. The molecule has 103 heavy (non-hydrogen) atoms. The summed E-state index contributed by atoms with van der Waals surface area (Å²) in [5, 5.41) is 10.7. The van der Waals surface area contributed by atoms with E-state index in [4.69, 9.17) is 37.0 Å². The number of hydrogen-bond acceptors (Lipinski definition) is 15. The fourth-order valence-corrected chi connectivity index (χ4v) is 14.6. The zero-order valence-electron chi connectivity index (χ0n) is 67.6. The third-order valence-corrected chi connectivity index (χ3v) is 22.0. The molecular weight excluding hydrogens is 1340 g/mol. The van der Waals surface area contributed by atoms with Gasteiger partial charge >= 0.3 is 39.5 Å². The third kappa shape index (κ3) is 76.6. The Hall–Kier alpha value is -1.94. The van der Waals surface area contributed by atoms with Crippen LogP contribution in [0.15, 0.2) is 0 Å². The minimum Gasteiger partial charge on any atom is -0.462 e. The molecule has 3 unspecified atom stereocenters. The van der Waals surface area contributed by atoms with E-state index in [0.717, 1.165) is 102 Å². The molecule has 0 aromatic rings. The van der Waals surface area contributed by atoms with Gasteiger partial charge in [0, 0.05) is 25.7 Å². The maximum atomic E-state index is 13.1. The van der Waals surface area contributed by atoms with Crippen molar-refractivity contribution < 1.29 is 80.2 Å². The fourth-order valence-electron chi connectivity index (χ4n) is 13.0. The van der Waals surface area contributed by atoms with E-state index in [1.54, 1.807) is 0 Å². The minimum atomic E-state index is -4.96. The summed E-state index contributed by atoms with van der Waals surface area (Å²) >= 11 is 0. The second kappa shape index (κ2) is 75.5. The van der Waals surface area contributed by atoms with Gasteiger partial charge in [-0.25, -0.2) is 9.13 Å². The molecule has 0 aliphatic carbocycles. The van der Waals surface area contributed by atoms with E-state index in [9.17, 15) is 43.2 Å². The van der Waals surface area contributed by atoms with Crippen LogP contribution >= 0.6 is 15.6 Å². The van der Waals surface area contributed by atoms with E-state index >= 15 is 0 Å². The molecular formula is C84H164O17P2. The number of aliphatic hydroxyl groups is 1. The number of rotatable bonds is 83. The van der Waals surface area contributed by atoms with Crippen molar-refractivity contribution in [1.29, 1.82) is 0 Å². The van der Waals surface area contributed by atoms with Gasteiger partial charge in [-0.1, -0.05) is 395 Å². The second-order valence-electron chi connectivity index (χ2n) is 30.9. The molecule has 0 saturated carbocycles. The van der Waals surface area contributed by atoms with Gasteiger partial charge in [-0.15, -0.1) is 0 Å². The lowest BCUT2D eigenvalue weighted by Crippen LogP contribution is -2.30. The number of hydrogen-bond donors (Lipinski definition) is 3. The number of phosphoric acid groups is 2. The molecule has 0 aliphatic heterocycles. The topological polar surface area (TPSA) is 237 Å². The van der Waals surface area contributed by atoms with Crippen molar-refractivity contribution in [3.8, 4) is 0 Å². The van der Waals surface area contributed by atoms with Gasteiger partial charge in [0.25, 0.3) is 0 Å². The van der Waals surface area contributed by atoms with Crippen molar-refractivity contribution >= 4 is 39.5 Å². The van der Waals surface area contributed by atoms with E-state index in [0.29, 0.717) is 25.7 Å². The van der Waals surface area contributed by atoms with Crippen molar-refractivity contribution in [2.45, 2.75) is 464 Å². The Morgan fingerprint density at radius 2 is 0.495 bits per heavy atom. The molecule has 612 valence electrons. The predicted octanol–water partition coefficient (Wildman–Crippen LogP) is 25.5. The first-order chi connectivity index (χ1) is 49.9. The van der Waals surface area contributed by atoms with Crippen molar-refractivity contribution in [2.24, 2.45) is 11.8 Å². The van der Waals surface area contributed by atoms with Crippen LogP contribution < -0.4 is 0 Å². The molecule has 19 heteroatoms. The number of carbonyl (C=O) groups excluding carboxylic acids is 4. The van der Waals surface area contributed by atoms with Gasteiger partial charge in [-0.05, 0) is 37.5 Å². The Labute approximate surface area is 632 Å². The summed E-state index contributed by atoms with van der Waals surface area (Å²) in [6.07, 6.45) is 66.5. The Balaban J connectivity index is 5.26. The number of aliphatic hydroxyl groups excluding tert-OH is 1. The van der Waals surface area contributed by atoms with Crippen LogP contribution in [0.1, 0.15) is 446 Å². The van der Waals surface area contributed by atoms with Crippen LogP contribution in [0, 0.1) is 11.8 Å². The lowest BCUT2D eigenvalue weighted by atomic mass is 9.99. The van der Waals surface area contributed by atoms with Gasteiger partial charge in [-0.2, -0.15) is 0 Å². The first-order valence-corrected chi connectivity index (χ1v) is 46.5. The van der Waals surface area contributed by atoms with Gasteiger partial charge in [0.05, 0.1) is 26.4 Å². The van der Waals surface area contributed by atoms with Crippen LogP contribution in [0.3, 0.4) is 0 Å². The SMILES string of the molecule is CCCCCCCCCCCCCCCCCCCCC(=O)OC[C@H](COP(=O)(O)OC[C@@H](O)COP(=O)(O)OC[C@@H](COC(=O)CCCCCCCCCCC(C)CC)OC(=O)CCCCCCCCCCCCCCCCC)OC(=O)CCCCCCCCCCCCCCCCCC(C)C. The van der Waals surface area contributed by atoms with E-state index in [1.807, 2.05) is 0 Å². The average Bonchev–Trinajstić information content (AvgIpc) is 0.906. The predicted molar refractivity (Wildman–Crippen MR) is 423 cm³/mol. The van der Waals surface area contributed by atoms with Gasteiger partial charge in [0.2, 0.25) is 0 Å². The minimum absolute atomic E-state index is 0.108. The van der Waals surface area contributed by atoms with Crippen molar-refractivity contribution in [3.63, 3.8) is 0 Å². The molecule has 0 spiro atoms. The Bertz CT molecular complexity index is 1980. The van der Waals surface area contributed by atoms with E-state index in [-0.39, 0.29) is 25.7 Å². The zero-order valence-corrected chi connectivity index (χ0v) is 69.4. The molecule has 0 aliphatic rings. The highest BCUT2D eigenvalue weighted by molar-refractivity contribution is 7.47. The molecule has 0 amide bonds. The number of unbranched alkanes of at least 4 members (excludes halogenated alkanes) is 52. The largest absolute Gasteiger partial charge is 0.472 e. The highest BCUT2D eigenvalue weighted by atomic mass is 31.2. The molecule has 17 nitrogen and oxygen atoms in total. The zero-order chi connectivity index (χ0) is 75.6. The third-order valence-electron chi connectivity index (χ3n) is 20.1. The summed E-state index contributed by atoms with van der Waals surface area (Å²) in [7, 11) is -9.93. The van der Waals surface area contributed by atoms with E-state index in [2.05, 4.69) is 41.5 Å². The maximum absolute atomic E-state index is 13.1. The van der Waals surface area contributed by atoms with Crippen LogP contribution in [0.2, 0.25) is 0 Å². The normalized spacial score (nSPS) is 14.1. The Morgan fingerprint density at radius 1 is 0.282 bits per heavy atom. The molecule has 0 fully saturated rings. The standard InChI is InChI=1S/C84H164O17P2/c1-7-10-12-14-16-18-20-22-24-25-26-30-33-37-41-48-54-60-66-81(86)94-72-79(100-83(88)69-63-57-51-43-39-35-31-27-29-32-36-40-46-52-58-64-76(4)5)74-98-102(90,91)96-70-78(85)71-97-103(92,93)99-75-80(73-95-82(87)67-61-55-49-45-44-47-53-59-65-77(6)9-3)101-84(89)68-62-56-50-42-38-34-28-23-21-19-17-15-13-11-8-2/h76-80,85H,7-75H2,1-6H3,(H,90,91)(H,92,93)/t77?,78-,79-,80-/m1/s1. The molecule has 0 radical (unpaired) electrons. The summed E-state index contributed by atoms with van der Waals surface area (Å²) in [4.78, 5) is 73.2. The van der Waals surface area contributed by atoms with Gasteiger partial charge in [0.15, 0.2) is 12.2 Å². The highest BCUT2D eigenvalue weighted by Gasteiger charge is 2.30. The molecule has 0 heterocycles. The van der Waals surface area contributed by atoms with Crippen molar-refractivity contribution in [2.75, 3.05) is 39.6 Å². The average molecular weight is 1510 g/mol. The number of esters is 4. The number of phosphoric ester groups is 2. The molecule has 3 N–H and O–H groups in total. The van der Waals surface area contributed by atoms with Crippen LogP contribution in [-0.2, 0) is 65.4 Å². The molecule has 6 atom stereocenters. The fraction of sp³-hybridized carbons (Fsp3) is 0.952. The molecule has 0 bridgehead atoms. The van der Waals surface area contributed by atoms with Gasteiger partial charge in [0.1, 0.15) is 19.3 Å². The number of ether oxygens (including phenoxy) is 4. The van der Waals surface area contributed by atoms with Gasteiger partial charge in [-0.3, -0.25) is 37.3 Å². The summed E-state index contributed by atoms with van der Waals surface area (Å²) in [5.41, 5.74) is 0. The van der Waals surface area contributed by atoms with Crippen LogP contribution in [0.5, 0.6) is 0 Å². The quantitative estimate of drug-likeness (QED) is 0.0222. The smallest absolute Gasteiger partial charge is 0.462 e. The summed E-state index contributed by atoms with van der Waals surface area (Å²) in [6, 6.07) is 0. The van der Waals surface area contributed by atoms with Crippen LogP contribution in [0.4, 0.5) is 0 Å². The van der Waals surface area contributed by atoms with Crippen LogP contribution in [0.25, 0.3) is 0 Å². The maximum Gasteiger partial charge on any atom is 0.472 e. The molecule has 0 aromatic heterocycles. The number of carbonyl (C=O) groups is 4. The molecule has 0 saturated heterocycles. The van der Waals surface area contributed by atoms with Crippen molar-refractivity contribution in [1.82, 2.24) is 0 Å². The Kier molecular flexibility index (Phi) is 74.1. The Morgan fingerprint density at radius 3 is 0.738 bits per heavy atom.